The van der Waals surface area contributed by atoms with Gasteiger partial charge >= 0.3 is 11.8 Å². The summed E-state index contributed by atoms with van der Waals surface area (Å²) < 4.78 is 5.02. The van der Waals surface area contributed by atoms with Crippen molar-refractivity contribution in [1.82, 2.24) is 5.43 Å². The molecule has 118 valence electrons. The second-order valence-corrected chi connectivity index (χ2v) is 4.69. The first-order valence-corrected chi connectivity index (χ1v) is 6.95. The van der Waals surface area contributed by atoms with E-state index in [-0.39, 0.29) is 0 Å². The second-order valence-electron chi connectivity index (χ2n) is 4.69. The van der Waals surface area contributed by atoms with Crippen LogP contribution in [0.15, 0.2) is 59.7 Å². The van der Waals surface area contributed by atoms with Crippen LogP contribution in [0.25, 0.3) is 0 Å². The summed E-state index contributed by atoms with van der Waals surface area (Å²) in [6.07, 6.45) is 0. The smallest absolute Gasteiger partial charge is 0.329 e. The summed E-state index contributed by atoms with van der Waals surface area (Å²) >= 11 is 0. The number of benzene rings is 2. The number of amides is 2. The number of nitrogens with zero attached hydrogens (tertiary/aromatic N) is 1. The van der Waals surface area contributed by atoms with E-state index in [2.05, 4.69) is 15.8 Å². The molecule has 23 heavy (non-hydrogen) atoms. The lowest BCUT2D eigenvalue weighted by Gasteiger charge is -2.06. The minimum Gasteiger partial charge on any atom is -0.497 e. The van der Waals surface area contributed by atoms with Gasteiger partial charge in [0.1, 0.15) is 5.75 Å². The Bertz CT molecular complexity index is 710. The maximum Gasteiger partial charge on any atom is 0.329 e. The van der Waals surface area contributed by atoms with Gasteiger partial charge < -0.3 is 10.1 Å². The van der Waals surface area contributed by atoms with Crippen molar-refractivity contribution in [3.8, 4) is 5.75 Å². The summed E-state index contributed by atoms with van der Waals surface area (Å²) in [5.74, 6) is -0.966. The average molecular weight is 311 g/mol. The Morgan fingerprint density at radius 3 is 2.22 bits per heavy atom. The van der Waals surface area contributed by atoms with E-state index in [0.29, 0.717) is 17.1 Å². The standard InChI is InChI=1S/C17H17N3O3/c1-12(13-6-4-3-5-7-13)19-20-17(22)16(21)18-14-8-10-15(23-2)11-9-14/h3-11H,1-2H3,(H,18,21)(H,20,22)/b19-12+. The first-order valence-electron chi connectivity index (χ1n) is 6.95. The van der Waals surface area contributed by atoms with E-state index in [1.807, 2.05) is 30.3 Å². The quantitative estimate of drug-likeness (QED) is 0.516. The van der Waals surface area contributed by atoms with E-state index in [9.17, 15) is 9.59 Å². The molecule has 2 N–H and O–H groups in total. The molecule has 0 aliphatic heterocycles. The van der Waals surface area contributed by atoms with Crippen molar-refractivity contribution >= 4 is 23.2 Å². The zero-order valence-electron chi connectivity index (χ0n) is 12.9. The monoisotopic (exact) mass is 311 g/mol. The van der Waals surface area contributed by atoms with Crippen LogP contribution in [-0.4, -0.2) is 24.6 Å². The van der Waals surface area contributed by atoms with Crippen LogP contribution < -0.4 is 15.5 Å². The summed E-state index contributed by atoms with van der Waals surface area (Å²) in [6.45, 7) is 1.75. The number of nitrogens with one attached hydrogen (secondary N) is 2. The summed E-state index contributed by atoms with van der Waals surface area (Å²) in [5.41, 5.74) is 4.20. The number of ether oxygens (including phenoxy) is 1. The Labute approximate surface area is 134 Å². The van der Waals surface area contributed by atoms with Crippen LogP contribution in [0.5, 0.6) is 5.75 Å². The molecule has 0 heterocycles. The van der Waals surface area contributed by atoms with Crippen LogP contribution in [0.2, 0.25) is 0 Å². The van der Waals surface area contributed by atoms with Gasteiger partial charge in [-0.3, -0.25) is 9.59 Å². The Morgan fingerprint density at radius 1 is 0.957 bits per heavy atom. The molecule has 0 saturated heterocycles. The number of rotatable bonds is 4. The first kappa shape index (κ1) is 16.2. The van der Waals surface area contributed by atoms with Crippen molar-refractivity contribution in [2.45, 2.75) is 6.92 Å². The van der Waals surface area contributed by atoms with Gasteiger partial charge in [-0.1, -0.05) is 30.3 Å². The van der Waals surface area contributed by atoms with Gasteiger partial charge in [0.15, 0.2) is 0 Å². The molecular formula is C17H17N3O3. The molecule has 6 heteroatoms. The molecule has 0 spiro atoms. The highest BCUT2D eigenvalue weighted by atomic mass is 16.5. The molecule has 2 amide bonds. The number of carbonyl (C=O) groups excluding carboxylic acids is 2. The molecule has 2 rings (SSSR count). The minimum absolute atomic E-state index is 0.495. The van der Waals surface area contributed by atoms with E-state index in [4.69, 9.17) is 4.74 Å². The number of anilines is 1. The van der Waals surface area contributed by atoms with Crippen LogP contribution >= 0.6 is 0 Å². The van der Waals surface area contributed by atoms with Gasteiger partial charge in [-0.05, 0) is 36.8 Å². The van der Waals surface area contributed by atoms with Crippen LogP contribution in [0, 0.1) is 0 Å². The number of hydrogen-bond acceptors (Lipinski definition) is 4. The Kier molecular flexibility index (Phi) is 5.46. The molecule has 0 fully saturated rings. The van der Waals surface area contributed by atoms with Gasteiger partial charge in [-0.2, -0.15) is 5.10 Å². The number of carbonyl (C=O) groups is 2. The molecule has 0 atom stereocenters. The molecule has 0 unspecified atom stereocenters. The van der Waals surface area contributed by atoms with E-state index in [1.165, 1.54) is 0 Å². The van der Waals surface area contributed by atoms with E-state index in [0.717, 1.165) is 5.56 Å². The lowest BCUT2D eigenvalue weighted by atomic mass is 10.1. The highest BCUT2D eigenvalue weighted by Gasteiger charge is 2.13. The Hall–Kier alpha value is -3.15. The zero-order valence-corrected chi connectivity index (χ0v) is 12.9. The van der Waals surface area contributed by atoms with Crippen molar-refractivity contribution < 1.29 is 14.3 Å². The highest BCUT2D eigenvalue weighted by Crippen LogP contribution is 2.14. The van der Waals surface area contributed by atoms with Gasteiger partial charge in [0.25, 0.3) is 0 Å². The summed E-state index contributed by atoms with van der Waals surface area (Å²) in [6, 6.07) is 16.0. The van der Waals surface area contributed by atoms with Gasteiger partial charge in [0, 0.05) is 5.69 Å². The lowest BCUT2D eigenvalue weighted by Crippen LogP contribution is -2.32. The summed E-state index contributed by atoms with van der Waals surface area (Å²) in [5, 5.41) is 6.40. The third kappa shape index (κ3) is 4.67. The first-order chi connectivity index (χ1) is 11.1. The van der Waals surface area contributed by atoms with Gasteiger partial charge in [-0.25, -0.2) is 5.43 Å². The SMILES string of the molecule is COc1ccc(NC(=O)C(=O)N/N=C(\C)c2ccccc2)cc1. The van der Waals surface area contributed by atoms with Crippen molar-refractivity contribution in [1.29, 1.82) is 0 Å². The van der Waals surface area contributed by atoms with E-state index in [1.54, 1.807) is 38.3 Å². The van der Waals surface area contributed by atoms with Crippen molar-refractivity contribution in [3.63, 3.8) is 0 Å². The van der Waals surface area contributed by atoms with E-state index >= 15 is 0 Å². The second kappa shape index (κ2) is 7.74. The molecule has 0 aliphatic carbocycles. The largest absolute Gasteiger partial charge is 0.497 e. The molecule has 2 aromatic carbocycles. The van der Waals surface area contributed by atoms with Gasteiger partial charge in [0.05, 0.1) is 12.8 Å². The Balaban J connectivity index is 1.93. The van der Waals surface area contributed by atoms with Crippen LogP contribution in [0.3, 0.4) is 0 Å². The maximum absolute atomic E-state index is 11.8. The molecule has 6 nitrogen and oxygen atoms in total. The van der Waals surface area contributed by atoms with Crippen molar-refractivity contribution in [2.75, 3.05) is 12.4 Å². The van der Waals surface area contributed by atoms with Crippen LogP contribution in [-0.2, 0) is 9.59 Å². The predicted octanol–water partition coefficient (Wildman–Crippen LogP) is 2.17. The summed E-state index contributed by atoms with van der Waals surface area (Å²) in [7, 11) is 1.55. The molecule has 0 bridgehead atoms. The molecule has 2 aromatic rings. The third-order valence-corrected chi connectivity index (χ3v) is 3.07. The molecule has 0 aromatic heterocycles. The van der Waals surface area contributed by atoms with E-state index < -0.39 is 11.8 Å². The minimum atomic E-state index is -0.837. The number of hydrazone groups is 1. The fourth-order valence-electron chi connectivity index (χ4n) is 1.79. The van der Waals surface area contributed by atoms with Crippen molar-refractivity contribution in [2.24, 2.45) is 5.10 Å². The molecule has 0 aliphatic rings. The third-order valence-electron chi connectivity index (χ3n) is 3.07. The van der Waals surface area contributed by atoms with Crippen LogP contribution in [0.4, 0.5) is 5.69 Å². The maximum atomic E-state index is 11.8. The molecular weight excluding hydrogens is 294 g/mol. The molecule has 0 radical (unpaired) electrons. The number of hydrogen-bond donors (Lipinski definition) is 2. The number of methoxy groups -OCH3 is 1. The fraction of sp³-hybridized carbons (Fsp3) is 0.118. The lowest BCUT2D eigenvalue weighted by molar-refractivity contribution is -0.136. The normalized spacial score (nSPS) is 10.8. The van der Waals surface area contributed by atoms with Crippen LogP contribution in [0.1, 0.15) is 12.5 Å². The topological polar surface area (TPSA) is 79.8 Å². The van der Waals surface area contributed by atoms with Gasteiger partial charge in [-0.15, -0.1) is 0 Å². The van der Waals surface area contributed by atoms with Crippen molar-refractivity contribution in [3.05, 3.63) is 60.2 Å². The predicted molar refractivity (Wildman–Crippen MR) is 88.4 cm³/mol. The highest BCUT2D eigenvalue weighted by molar-refractivity contribution is 6.39. The van der Waals surface area contributed by atoms with Gasteiger partial charge in [0.2, 0.25) is 0 Å². The fourth-order valence-corrected chi connectivity index (χ4v) is 1.79. The summed E-state index contributed by atoms with van der Waals surface area (Å²) in [4.78, 5) is 23.5. The zero-order chi connectivity index (χ0) is 16.7. The average Bonchev–Trinajstić information content (AvgIpc) is 2.60. The Morgan fingerprint density at radius 2 is 1.61 bits per heavy atom. The molecule has 0 saturated carbocycles.